The molecule has 29 heavy (non-hydrogen) atoms. The van der Waals surface area contributed by atoms with E-state index in [2.05, 4.69) is 32.0 Å². The molecule has 2 aromatic carbocycles. The Bertz CT molecular complexity index is 847. The standard InChI is InChI=1S/C24H36O3S.Na/c1-3-5-7-9-11-13-20-15-16-21-18-22(14-12-10-8-6-4-2)24(28(25,26)27)19-23(21)17-20;/h15-19H,3-14H2,1-2H3,(H,25,26,27);/q;+1/p-1. The van der Waals surface area contributed by atoms with Crippen LogP contribution in [-0.4, -0.2) is 13.0 Å². The van der Waals surface area contributed by atoms with Gasteiger partial charge in [0.15, 0.2) is 0 Å². The minimum absolute atomic E-state index is 0. The predicted octanol–water partition coefficient (Wildman–Crippen LogP) is 3.77. The fourth-order valence-corrected chi connectivity index (χ4v) is 4.56. The van der Waals surface area contributed by atoms with Crippen LogP contribution < -0.4 is 29.6 Å². The van der Waals surface area contributed by atoms with Crippen LogP contribution in [-0.2, 0) is 23.0 Å². The smallest absolute Gasteiger partial charge is 0.744 e. The first-order chi connectivity index (χ1) is 13.5. The Morgan fingerprint density at radius 1 is 0.724 bits per heavy atom. The summed E-state index contributed by atoms with van der Waals surface area (Å²) >= 11 is 0. The molecule has 0 amide bonds. The van der Waals surface area contributed by atoms with E-state index in [0.717, 1.165) is 42.9 Å². The van der Waals surface area contributed by atoms with E-state index >= 15 is 0 Å². The van der Waals surface area contributed by atoms with Crippen LogP contribution in [0.25, 0.3) is 10.8 Å². The summed E-state index contributed by atoms with van der Waals surface area (Å²) in [5.74, 6) is 0. The van der Waals surface area contributed by atoms with Crippen LogP contribution in [0, 0.1) is 0 Å². The molecule has 2 aromatic rings. The molecule has 0 saturated carbocycles. The number of hydrogen-bond acceptors (Lipinski definition) is 3. The fourth-order valence-electron chi connectivity index (χ4n) is 3.81. The summed E-state index contributed by atoms with van der Waals surface area (Å²) < 4.78 is 35.5. The molecule has 0 aromatic heterocycles. The molecule has 0 aliphatic heterocycles. The molecule has 3 nitrogen and oxygen atoms in total. The summed E-state index contributed by atoms with van der Waals surface area (Å²) in [6.07, 6.45) is 13.3. The van der Waals surface area contributed by atoms with Crippen LogP contribution in [0.3, 0.4) is 0 Å². The molecular formula is C24H35NaO3S. The van der Waals surface area contributed by atoms with Crippen molar-refractivity contribution in [2.75, 3.05) is 0 Å². The molecule has 0 unspecified atom stereocenters. The van der Waals surface area contributed by atoms with Gasteiger partial charge in [-0.05, 0) is 59.7 Å². The van der Waals surface area contributed by atoms with Crippen molar-refractivity contribution in [3.63, 3.8) is 0 Å². The van der Waals surface area contributed by atoms with Crippen LogP contribution >= 0.6 is 0 Å². The van der Waals surface area contributed by atoms with Gasteiger partial charge in [-0.2, -0.15) is 0 Å². The van der Waals surface area contributed by atoms with Crippen molar-refractivity contribution in [3.8, 4) is 0 Å². The molecule has 0 atom stereocenters. The predicted molar refractivity (Wildman–Crippen MR) is 117 cm³/mol. The van der Waals surface area contributed by atoms with Crippen LogP contribution in [0.5, 0.6) is 0 Å². The maximum atomic E-state index is 11.8. The second-order valence-electron chi connectivity index (χ2n) is 7.92. The van der Waals surface area contributed by atoms with Crippen molar-refractivity contribution in [3.05, 3.63) is 41.5 Å². The number of rotatable bonds is 13. The van der Waals surface area contributed by atoms with Gasteiger partial charge in [0.1, 0.15) is 10.1 Å². The summed E-state index contributed by atoms with van der Waals surface area (Å²) in [6, 6.07) is 9.76. The van der Waals surface area contributed by atoms with Gasteiger partial charge in [-0.15, -0.1) is 0 Å². The number of fused-ring (bicyclic) bond motifs is 1. The third-order valence-electron chi connectivity index (χ3n) is 5.47. The molecule has 0 N–H and O–H groups in total. The Kier molecular flexibility index (Phi) is 12.7. The van der Waals surface area contributed by atoms with E-state index in [1.807, 2.05) is 6.07 Å². The van der Waals surface area contributed by atoms with Crippen LogP contribution in [0.1, 0.15) is 89.2 Å². The third-order valence-corrected chi connectivity index (χ3v) is 6.39. The Balaban J connectivity index is 0.00000420. The SMILES string of the molecule is CCCCCCCc1ccc2cc(CCCCCCC)c(S(=O)(=O)[O-])cc2c1.[Na+]. The first-order valence-electron chi connectivity index (χ1n) is 11.0. The average Bonchev–Trinajstić information content (AvgIpc) is 2.66. The fraction of sp³-hybridized carbons (Fsp3) is 0.583. The molecular weight excluding hydrogens is 391 g/mol. The zero-order chi connectivity index (χ0) is 20.4. The van der Waals surface area contributed by atoms with Crippen LogP contribution in [0.15, 0.2) is 35.2 Å². The van der Waals surface area contributed by atoms with Crippen molar-refractivity contribution in [2.45, 2.75) is 95.8 Å². The molecule has 0 aliphatic rings. The number of hydrogen-bond donors (Lipinski definition) is 0. The first-order valence-corrected chi connectivity index (χ1v) is 12.4. The molecule has 2 rings (SSSR count). The third kappa shape index (κ3) is 9.10. The van der Waals surface area contributed by atoms with Crippen LogP contribution in [0.2, 0.25) is 0 Å². The minimum Gasteiger partial charge on any atom is -0.744 e. The molecule has 0 aliphatic carbocycles. The second-order valence-corrected chi connectivity index (χ2v) is 9.27. The average molecular weight is 427 g/mol. The number of aryl methyl sites for hydroxylation is 2. The van der Waals surface area contributed by atoms with E-state index in [9.17, 15) is 13.0 Å². The van der Waals surface area contributed by atoms with Gasteiger partial charge in [-0.3, -0.25) is 0 Å². The largest absolute Gasteiger partial charge is 1.00 e. The van der Waals surface area contributed by atoms with E-state index in [1.54, 1.807) is 6.07 Å². The maximum absolute atomic E-state index is 11.8. The summed E-state index contributed by atoms with van der Waals surface area (Å²) in [5.41, 5.74) is 1.89. The van der Waals surface area contributed by atoms with Gasteiger partial charge in [0.25, 0.3) is 0 Å². The second kappa shape index (κ2) is 13.8. The van der Waals surface area contributed by atoms with E-state index in [-0.39, 0.29) is 34.5 Å². The zero-order valence-electron chi connectivity index (χ0n) is 18.5. The Hall–Kier alpha value is -0.390. The summed E-state index contributed by atoms with van der Waals surface area (Å²) in [4.78, 5) is -0.0319. The number of unbranched alkanes of at least 4 members (excludes halogenated alkanes) is 8. The summed E-state index contributed by atoms with van der Waals surface area (Å²) in [5, 5.41) is 1.88. The minimum atomic E-state index is -4.46. The van der Waals surface area contributed by atoms with Gasteiger partial charge < -0.3 is 4.55 Å². The Morgan fingerprint density at radius 2 is 1.31 bits per heavy atom. The van der Waals surface area contributed by atoms with Gasteiger partial charge in [-0.25, -0.2) is 8.42 Å². The van der Waals surface area contributed by atoms with Crippen molar-refractivity contribution in [1.82, 2.24) is 0 Å². The Labute approximate surface area is 199 Å². The molecule has 0 radical (unpaired) electrons. The van der Waals surface area contributed by atoms with Gasteiger partial charge >= 0.3 is 29.6 Å². The normalized spacial score (nSPS) is 11.6. The molecule has 0 fully saturated rings. The first kappa shape index (κ1) is 26.6. The van der Waals surface area contributed by atoms with Crippen molar-refractivity contribution in [2.24, 2.45) is 0 Å². The maximum Gasteiger partial charge on any atom is 1.00 e. The van der Waals surface area contributed by atoms with Crippen molar-refractivity contribution in [1.29, 1.82) is 0 Å². The monoisotopic (exact) mass is 426 g/mol. The quantitative estimate of drug-likeness (QED) is 0.278. The zero-order valence-corrected chi connectivity index (χ0v) is 21.3. The van der Waals surface area contributed by atoms with Gasteiger partial charge in [0.2, 0.25) is 0 Å². The molecule has 0 heterocycles. The molecule has 156 valence electrons. The van der Waals surface area contributed by atoms with E-state index in [4.69, 9.17) is 0 Å². The van der Waals surface area contributed by atoms with Crippen molar-refractivity contribution >= 4 is 20.9 Å². The Morgan fingerprint density at radius 3 is 1.90 bits per heavy atom. The summed E-state index contributed by atoms with van der Waals surface area (Å²) in [6.45, 7) is 4.38. The molecule has 0 bridgehead atoms. The van der Waals surface area contributed by atoms with Crippen molar-refractivity contribution < 1.29 is 42.5 Å². The van der Waals surface area contributed by atoms with Crippen LogP contribution in [0.4, 0.5) is 0 Å². The topological polar surface area (TPSA) is 57.2 Å². The summed E-state index contributed by atoms with van der Waals surface area (Å²) in [7, 11) is -4.46. The van der Waals surface area contributed by atoms with E-state index < -0.39 is 10.1 Å². The number of benzene rings is 2. The molecule has 0 saturated heterocycles. The van der Waals surface area contributed by atoms with E-state index in [0.29, 0.717) is 12.0 Å². The van der Waals surface area contributed by atoms with Gasteiger partial charge in [-0.1, -0.05) is 83.4 Å². The van der Waals surface area contributed by atoms with Gasteiger partial charge in [0.05, 0.1) is 4.90 Å². The molecule has 0 spiro atoms. The van der Waals surface area contributed by atoms with E-state index in [1.165, 1.54) is 44.1 Å². The van der Waals surface area contributed by atoms with Gasteiger partial charge in [0, 0.05) is 0 Å². The molecule has 5 heteroatoms.